The molecule has 0 saturated carbocycles. The molecule has 0 aliphatic heterocycles. The van der Waals surface area contributed by atoms with Gasteiger partial charge in [0.15, 0.2) is 5.65 Å². The standard InChI is InChI=1S/C12H5Cl4N3/c13-8-2-1-6(3-9(8)14)7-5-17-19-11(16)4-10(15)18-12(7)19/h1-5H. The SMILES string of the molecule is Clc1cc(Cl)n2ncc(-c3ccc(Cl)c(Cl)c3)c2n1. The number of halogens is 4. The van der Waals surface area contributed by atoms with Crippen LogP contribution < -0.4 is 0 Å². The Morgan fingerprint density at radius 3 is 2.47 bits per heavy atom. The normalized spacial score (nSPS) is 11.2. The van der Waals surface area contributed by atoms with Crippen LogP contribution in [-0.4, -0.2) is 14.6 Å². The second-order valence-corrected chi connectivity index (χ2v) is 5.41. The Bertz CT molecular complexity index is 782. The zero-order valence-electron chi connectivity index (χ0n) is 9.24. The number of fused-ring (bicyclic) bond motifs is 1. The molecule has 0 aliphatic carbocycles. The van der Waals surface area contributed by atoms with Crippen molar-refractivity contribution >= 4 is 52.1 Å². The van der Waals surface area contributed by atoms with E-state index in [0.29, 0.717) is 26.0 Å². The second-order valence-electron chi connectivity index (χ2n) is 3.82. The summed E-state index contributed by atoms with van der Waals surface area (Å²) in [6, 6.07) is 6.83. The molecule has 96 valence electrons. The zero-order chi connectivity index (χ0) is 13.6. The van der Waals surface area contributed by atoms with Crippen LogP contribution in [0.3, 0.4) is 0 Å². The van der Waals surface area contributed by atoms with Gasteiger partial charge in [-0.2, -0.15) is 5.10 Å². The number of rotatable bonds is 1. The molecule has 3 rings (SSSR count). The summed E-state index contributed by atoms with van der Waals surface area (Å²) in [5.41, 5.74) is 2.19. The van der Waals surface area contributed by atoms with Gasteiger partial charge in [-0.15, -0.1) is 0 Å². The van der Waals surface area contributed by atoms with E-state index in [1.807, 2.05) is 6.07 Å². The Morgan fingerprint density at radius 1 is 0.947 bits per heavy atom. The van der Waals surface area contributed by atoms with E-state index in [4.69, 9.17) is 46.4 Å². The topological polar surface area (TPSA) is 30.2 Å². The first-order valence-electron chi connectivity index (χ1n) is 5.21. The molecule has 0 bridgehead atoms. The summed E-state index contributed by atoms with van der Waals surface area (Å²) in [5.74, 6) is 0. The number of aromatic nitrogens is 3. The van der Waals surface area contributed by atoms with Gasteiger partial charge >= 0.3 is 0 Å². The summed E-state index contributed by atoms with van der Waals surface area (Å²) in [7, 11) is 0. The van der Waals surface area contributed by atoms with Crippen molar-refractivity contribution in [3.05, 3.63) is 50.8 Å². The molecule has 3 aromatic rings. The van der Waals surface area contributed by atoms with Crippen LogP contribution in [-0.2, 0) is 0 Å². The zero-order valence-corrected chi connectivity index (χ0v) is 12.3. The van der Waals surface area contributed by atoms with E-state index >= 15 is 0 Å². The van der Waals surface area contributed by atoms with Gasteiger partial charge in [-0.05, 0) is 17.7 Å². The molecule has 0 spiro atoms. The fourth-order valence-electron chi connectivity index (χ4n) is 1.77. The highest BCUT2D eigenvalue weighted by atomic mass is 35.5. The molecule has 0 saturated heterocycles. The summed E-state index contributed by atoms with van der Waals surface area (Å²) in [6.07, 6.45) is 1.66. The molecule has 0 N–H and O–H groups in total. The smallest absolute Gasteiger partial charge is 0.166 e. The number of hydrogen-bond donors (Lipinski definition) is 0. The van der Waals surface area contributed by atoms with Crippen molar-refractivity contribution in [3.8, 4) is 11.1 Å². The molecule has 0 fully saturated rings. The Kier molecular flexibility index (Phi) is 3.31. The van der Waals surface area contributed by atoms with Gasteiger partial charge in [0.25, 0.3) is 0 Å². The molecule has 2 heterocycles. The second kappa shape index (κ2) is 4.84. The highest BCUT2D eigenvalue weighted by Gasteiger charge is 2.12. The van der Waals surface area contributed by atoms with Crippen LogP contribution in [0.4, 0.5) is 0 Å². The first kappa shape index (κ1) is 13.0. The lowest BCUT2D eigenvalue weighted by molar-refractivity contribution is 0.940. The van der Waals surface area contributed by atoms with Crippen molar-refractivity contribution in [2.75, 3.05) is 0 Å². The van der Waals surface area contributed by atoms with E-state index < -0.39 is 0 Å². The van der Waals surface area contributed by atoms with Gasteiger partial charge < -0.3 is 0 Å². The van der Waals surface area contributed by atoms with Gasteiger partial charge in [0.2, 0.25) is 0 Å². The molecule has 3 nitrogen and oxygen atoms in total. The van der Waals surface area contributed by atoms with Gasteiger partial charge in [-0.3, -0.25) is 0 Å². The highest BCUT2D eigenvalue weighted by molar-refractivity contribution is 6.42. The molecule has 2 aromatic heterocycles. The van der Waals surface area contributed by atoms with Gasteiger partial charge in [-0.25, -0.2) is 9.50 Å². The lowest BCUT2D eigenvalue weighted by atomic mass is 10.1. The predicted octanol–water partition coefficient (Wildman–Crippen LogP) is 5.01. The molecule has 0 radical (unpaired) electrons. The van der Waals surface area contributed by atoms with Crippen LogP contribution in [0, 0.1) is 0 Å². The van der Waals surface area contributed by atoms with Crippen molar-refractivity contribution in [1.82, 2.24) is 14.6 Å². The van der Waals surface area contributed by atoms with E-state index in [2.05, 4.69) is 10.1 Å². The minimum atomic E-state index is 0.305. The highest BCUT2D eigenvalue weighted by Crippen LogP contribution is 2.31. The fourth-order valence-corrected chi connectivity index (χ4v) is 2.53. The van der Waals surface area contributed by atoms with Crippen molar-refractivity contribution in [2.45, 2.75) is 0 Å². The van der Waals surface area contributed by atoms with Gasteiger partial charge in [0.05, 0.1) is 16.2 Å². The fraction of sp³-hybridized carbons (Fsp3) is 0. The van der Waals surface area contributed by atoms with E-state index in [1.54, 1.807) is 18.3 Å². The maximum Gasteiger partial charge on any atom is 0.166 e. The molecule has 0 aliphatic rings. The summed E-state index contributed by atoms with van der Waals surface area (Å²) < 4.78 is 1.51. The Balaban J connectivity index is 2.28. The predicted molar refractivity (Wildman–Crippen MR) is 78.5 cm³/mol. The van der Waals surface area contributed by atoms with Crippen molar-refractivity contribution in [3.63, 3.8) is 0 Å². The van der Waals surface area contributed by atoms with Crippen LogP contribution in [0.1, 0.15) is 0 Å². The third-order valence-electron chi connectivity index (χ3n) is 2.63. The van der Waals surface area contributed by atoms with Crippen molar-refractivity contribution in [2.24, 2.45) is 0 Å². The number of nitrogens with zero attached hydrogens (tertiary/aromatic N) is 3. The summed E-state index contributed by atoms with van der Waals surface area (Å²) in [4.78, 5) is 4.23. The van der Waals surface area contributed by atoms with Gasteiger partial charge in [-0.1, -0.05) is 52.5 Å². The van der Waals surface area contributed by atoms with Crippen LogP contribution in [0.5, 0.6) is 0 Å². The Hall–Kier alpha value is -1.00. The summed E-state index contributed by atoms with van der Waals surface area (Å²) in [5, 5.41) is 5.83. The average molecular weight is 333 g/mol. The molecule has 0 amide bonds. The monoisotopic (exact) mass is 331 g/mol. The third kappa shape index (κ3) is 2.28. The minimum absolute atomic E-state index is 0.305. The minimum Gasteiger partial charge on any atom is -0.216 e. The van der Waals surface area contributed by atoms with Gasteiger partial charge in [0, 0.05) is 11.6 Å². The summed E-state index contributed by atoms with van der Waals surface area (Å²) >= 11 is 23.9. The Labute approximate surface area is 128 Å². The first-order valence-corrected chi connectivity index (χ1v) is 6.72. The molecular weight excluding hydrogens is 328 g/mol. The first-order chi connectivity index (χ1) is 9.06. The quantitative estimate of drug-likeness (QED) is 0.586. The maximum absolute atomic E-state index is 6.05. The third-order valence-corrected chi connectivity index (χ3v) is 3.83. The Morgan fingerprint density at radius 2 is 1.74 bits per heavy atom. The molecule has 0 atom stereocenters. The van der Waals surface area contributed by atoms with Crippen LogP contribution in [0.25, 0.3) is 16.8 Å². The van der Waals surface area contributed by atoms with Crippen LogP contribution in [0.15, 0.2) is 30.5 Å². The van der Waals surface area contributed by atoms with E-state index in [0.717, 1.165) is 11.1 Å². The summed E-state index contributed by atoms with van der Waals surface area (Å²) in [6.45, 7) is 0. The van der Waals surface area contributed by atoms with Crippen LogP contribution >= 0.6 is 46.4 Å². The van der Waals surface area contributed by atoms with Crippen LogP contribution in [0.2, 0.25) is 20.4 Å². The lowest BCUT2D eigenvalue weighted by Gasteiger charge is -2.02. The van der Waals surface area contributed by atoms with Crippen molar-refractivity contribution in [1.29, 1.82) is 0 Å². The van der Waals surface area contributed by atoms with E-state index in [9.17, 15) is 0 Å². The molecule has 0 unspecified atom stereocenters. The van der Waals surface area contributed by atoms with E-state index in [1.165, 1.54) is 10.6 Å². The largest absolute Gasteiger partial charge is 0.216 e. The lowest BCUT2D eigenvalue weighted by Crippen LogP contribution is -1.92. The molecule has 1 aromatic carbocycles. The molecule has 7 heteroatoms. The molecular formula is C12H5Cl4N3. The average Bonchev–Trinajstić information content (AvgIpc) is 2.76. The van der Waals surface area contributed by atoms with E-state index in [-0.39, 0.29) is 0 Å². The molecule has 19 heavy (non-hydrogen) atoms. The number of benzene rings is 1. The number of hydrogen-bond acceptors (Lipinski definition) is 2. The van der Waals surface area contributed by atoms with Gasteiger partial charge in [0.1, 0.15) is 10.3 Å². The maximum atomic E-state index is 6.05. The van der Waals surface area contributed by atoms with Crippen molar-refractivity contribution < 1.29 is 0 Å².